The molecule has 1 aliphatic rings. The lowest BCUT2D eigenvalue weighted by molar-refractivity contribution is -0.144. The van der Waals surface area contributed by atoms with Gasteiger partial charge in [0, 0.05) is 33.2 Å². The molecule has 1 amide bonds. The van der Waals surface area contributed by atoms with Crippen LogP contribution < -0.4 is 5.32 Å². The highest BCUT2D eigenvalue weighted by molar-refractivity contribution is 7.88. The van der Waals surface area contributed by atoms with Gasteiger partial charge in [-0.15, -0.1) is 0 Å². The summed E-state index contributed by atoms with van der Waals surface area (Å²) < 4.78 is 65.7. The SMILES string of the molecule is COC1(CNC(=O)CCC(F)(F)F)CCN(S(C)(=O)=O)CC1. The van der Waals surface area contributed by atoms with Crippen molar-refractivity contribution in [2.45, 2.75) is 37.5 Å². The minimum Gasteiger partial charge on any atom is -0.376 e. The minimum atomic E-state index is -4.36. The van der Waals surface area contributed by atoms with Crippen LogP contribution in [0.25, 0.3) is 0 Å². The molecule has 0 aromatic rings. The van der Waals surface area contributed by atoms with Crippen molar-refractivity contribution in [3.05, 3.63) is 0 Å². The van der Waals surface area contributed by atoms with Gasteiger partial charge in [-0.25, -0.2) is 12.7 Å². The van der Waals surface area contributed by atoms with Gasteiger partial charge < -0.3 is 10.1 Å². The van der Waals surface area contributed by atoms with Crippen LogP contribution in [-0.4, -0.2) is 63.4 Å². The number of hydrogen-bond donors (Lipinski definition) is 1. The number of amides is 1. The molecule has 6 nitrogen and oxygen atoms in total. The van der Waals surface area contributed by atoms with E-state index in [1.165, 1.54) is 11.4 Å². The second-order valence-electron chi connectivity index (χ2n) is 5.44. The van der Waals surface area contributed by atoms with Gasteiger partial charge in [-0.2, -0.15) is 13.2 Å². The highest BCUT2D eigenvalue weighted by Gasteiger charge is 2.37. The summed E-state index contributed by atoms with van der Waals surface area (Å²) in [7, 11) is -1.83. The summed E-state index contributed by atoms with van der Waals surface area (Å²) in [5.41, 5.74) is -0.741. The van der Waals surface area contributed by atoms with Crippen LogP contribution in [0.4, 0.5) is 13.2 Å². The number of carbonyl (C=O) groups excluding carboxylic acids is 1. The van der Waals surface area contributed by atoms with Gasteiger partial charge in [-0.05, 0) is 12.8 Å². The summed E-state index contributed by atoms with van der Waals surface area (Å²) in [5, 5.41) is 2.44. The van der Waals surface area contributed by atoms with Crippen LogP contribution in [0.5, 0.6) is 0 Å². The topological polar surface area (TPSA) is 75.7 Å². The number of nitrogens with zero attached hydrogens (tertiary/aromatic N) is 1. The molecule has 10 heteroatoms. The summed E-state index contributed by atoms with van der Waals surface area (Å²) in [4.78, 5) is 11.4. The smallest absolute Gasteiger partial charge is 0.376 e. The molecule has 0 unspecified atom stereocenters. The molecule has 0 radical (unpaired) electrons. The van der Waals surface area contributed by atoms with Gasteiger partial charge in [0.2, 0.25) is 15.9 Å². The molecule has 0 atom stereocenters. The molecule has 1 N–H and O–H groups in total. The van der Waals surface area contributed by atoms with E-state index < -0.39 is 40.5 Å². The molecule has 0 aliphatic carbocycles. The second-order valence-corrected chi connectivity index (χ2v) is 7.42. The molecule has 1 aliphatic heterocycles. The van der Waals surface area contributed by atoms with Crippen molar-refractivity contribution < 1.29 is 31.1 Å². The molecular formula is C12H21F3N2O4S. The number of halogens is 3. The molecule has 1 heterocycles. The van der Waals surface area contributed by atoms with Crippen molar-refractivity contribution in [1.29, 1.82) is 0 Å². The van der Waals surface area contributed by atoms with Gasteiger partial charge in [-0.3, -0.25) is 4.79 Å². The summed E-state index contributed by atoms with van der Waals surface area (Å²) >= 11 is 0. The zero-order chi connectivity index (χ0) is 17.0. The third kappa shape index (κ3) is 6.09. The Balaban J connectivity index is 2.48. The van der Waals surface area contributed by atoms with Crippen LogP contribution in [0.1, 0.15) is 25.7 Å². The van der Waals surface area contributed by atoms with E-state index in [0.29, 0.717) is 12.8 Å². The van der Waals surface area contributed by atoms with E-state index in [1.807, 2.05) is 0 Å². The first-order valence-corrected chi connectivity index (χ1v) is 8.66. The molecule has 0 aromatic heterocycles. The summed E-state index contributed by atoms with van der Waals surface area (Å²) in [6.07, 6.45) is -4.30. The Morgan fingerprint density at radius 1 is 1.32 bits per heavy atom. The maximum Gasteiger partial charge on any atom is 0.389 e. The van der Waals surface area contributed by atoms with Crippen molar-refractivity contribution in [3.63, 3.8) is 0 Å². The first-order chi connectivity index (χ1) is 9.97. The number of nitrogens with one attached hydrogen (secondary N) is 1. The second kappa shape index (κ2) is 7.14. The predicted octanol–water partition coefficient (Wildman–Crippen LogP) is 0.886. The van der Waals surface area contributed by atoms with E-state index in [4.69, 9.17) is 4.74 Å². The molecule has 0 spiro atoms. The first kappa shape index (κ1) is 19.2. The zero-order valence-electron chi connectivity index (χ0n) is 12.6. The molecule has 0 saturated carbocycles. The monoisotopic (exact) mass is 346 g/mol. The van der Waals surface area contributed by atoms with Crippen LogP contribution in [-0.2, 0) is 19.6 Å². The average Bonchev–Trinajstić information content (AvgIpc) is 2.41. The summed E-state index contributed by atoms with van der Waals surface area (Å²) in [6.45, 7) is 0.577. The lowest BCUT2D eigenvalue weighted by Crippen LogP contribution is -2.53. The van der Waals surface area contributed by atoms with Crippen molar-refractivity contribution in [2.75, 3.05) is 33.0 Å². The number of piperidine rings is 1. The van der Waals surface area contributed by atoms with Crippen LogP contribution in [0.15, 0.2) is 0 Å². The Labute approximate surface area is 128 Å². The number of hydrogen-bond acceptors (Lipinski definition) is 4. The Morgan fingerprint density at radius 2 is 1.86 bits per heavy atom. The molecular weight excluding hydrogens is 325 g/mol. The lowest BCUT2D eigenvalue weighted by atomic mass is 9.92. The summed E-state index contributed by atoms with van der Waals surface area (Å²) in [6, 6.07) is 0. The van der Waals surface area contributed by atoms with Gasteiger partial charge >= 0.3 is 6.18 Å². The van der Waals surface area contributed by atoms with Crippen molar-refractivity contribution in [2.24, 2.45) is 0 Å². The first-order valence-electron chi connectivity index (χ1n) is 6.81. The van der Waals surface area contributed by atoms with Crippen molar-refractivity contribution >= 4 is 15.9 Å². The van der Waals surface area contributed by atoms with Gasteiger partial charge in [-0.1, -0.05) is 0 Å². The fraction of sp³-hybridized carbons (Fsp3) is 0.917. The highest BCUT2D eigenvalue weighted by Crippen LogP contribution is 2.26. The Kier molecular flexibility index (Phi) is 6.22. The van der Waals surface area contributed by atoms with Crippen LogP contribution >= 0.6 is 0 Å². The number of sulfonamides is 1. The van der Waals surface area contributed by atoms with E-state index in [2.05, 4.69) is 5.32 Å². The highest BCUT2D eigenvalue weighted by atomic mass is 32.2. The molecule has 1 fully saturated rings. The van der Waals surface area contributed by atoms with E-state index in [1.54, 1.807) is 0 Å². The Morgan fingerprint density at radius 3 is 2.27 bits per heavy atom. The molecule has 22 heavy (non-hydrogen) atoms. The zero-order valence-corrected chi connectivity index (χ0v) is 13.4. The molecule has 1 rings (SSSR count). The van der Waals surface area contributed by atoms with E-state index >= 15 is 0 Å². The number of ether oxygens (including phenoxy) is 1. The van der Waals surface area contributed by atoms with Crippen molar-refractivity contribution in [1.82, 2.24) is 9.62 Å². The minimum absolute atomic E-state index is 0.0673. The number of alkyl halides is 3. The van der Waals surface area contributed by atoms with Gasteiger partial charge in [0.05, 0.1) is 18.3 Å². The maximum atomic E-state index is 12.0. The lowest BCUT2D eigenvalue weighted by Gasteiger charge is -2.39. The van der Waals surface area contributed by atoms with E-state index in [9.17, 15) is 26.4 Å². The largest absolute Gasteiger partial charge is 0.389 e. The summed E-state index contributed by atoms with van der Waals surface area (Å²) in [5.74, 6) is -0.695. The van der Waals surface area contributed by atoms with Crippen LogP contribution in [0, 0.1) is 0 Å². The Hall–Kier alpha value is -0.870. The third-order valence-electron chi connectivity index (χ3n) is 3.78. The fourth-order valence-electron chi connectivity index (χ4n) is 2.28. The Bertz CT molecular complexity index is 485. The third-order valence-corrected chi connectivity index (χ3v) is 5.08. The molecule has 1 saturated heterocycles. The van der Waals surface area contributed by atoms with Gasteiger partial charge in [0.15, 0.2) is 0 Å². The molecule has 130 valence electrons. The van der Waals surface area contributed by atoms with Gasteiger partial charge in [0.25, 0.3) is 0 Å². The maximum absolute atomic E-state index is 12.0. The van der Waals surface area contributed by atoms with Crippen LogP contribution in [0.3, 0.4) is 0 Å². The van der Waals surface area contributed by atoms with Crippen LogP contribution in [0.2, 0.25) is 0 Å². The number of carbonyl (C=O) groups is 1. The molecule has 0 bridgehead atoms. The molecule has 0 aromatic carbocycles. The van der Waals surface area contributed by atoms with Gasteiger partial charge in [0.1, 0.15) is 0 Å². The fourth-order valence-corrected chi connectivity index (χ4v) is 3.13. The number of rotatable bonds is 6. The van der Waals surface area contributed by atoms with Crippen molar-refractivity contribution in [3.8, 4) is 0 Å². The standard InChI is InChI=1S/C12H21F3N2O4S/c1-21-11(5-7-17(8-6-11)22(2,19)20)9-16-10(18)3-4-12(13,14)15/h3-9H2,1-2H3,(H,16,18). The quantitative estimate of drug-likeness (QED) is 0.775. The number of methoxy groups -OCH3 is 1. The average molecular weight is 346 g/mol. The predicted molar refractivity (Wildman–Crippen MR) is 73.7 cm³/mol. The van der Waals surface area contributed by atoms with E-state index in [0.717, 1.165) is 6.26 Å². The normalized spacial score (nSPS) is 19.9. The van der Waals surface area contributed by atoms with E-state index in [-0.39, 0.29) is 19.6 Å².